The van der Waals surface area contributed by atoms with Gasteiger partial charge in [0.1, 0.15) is 0 Å². The monoisotopic (exact) mass is 415 g/mol. The lowest BCUT2D eigenvalue weighted by atomic mass is 9.99. The lowest BCUT2D eigenvalue weighted by Crippen LogP contribution is -2.30. The third-order valence-corrected chi connectivity index (χ3v) is 5.50. The van der Waals surface area contributed by atoms with Crippen LogP contribution in [0.5, 0.6) is 0 Å². The molecule has 0 saturated carbocycles. The molecule has 5 nitrogen and oxygen atoms in total. The molecule has 1 aromatic heterocycles. The molecule has 0 bridgehead atoms. The molecule has 6 heteroatoms. The maximum atomic E-state index is 12.7. The van der Waals surface area contributed by atoms with Crippen molar-refractivity contribution in [2.24, 2.45) is 0 Å². The van der Waals surface area contributed by atoms with Crippen LogP contribution in [0.15, 0.2) is 94.6 Å². The molecule has 30 heavy (non-hydrogen) atoms. The molecule has 1 N–H and O–H groups in total. The number of benzene rings is 3. The smallest absolute Gasteiger partial charge is 0.277 e. The lowest BCUT2D eigenvalue weighted by molar-refractivity contribution is -0.119. The summed E-state index contributed by atoms with van der Waals surface area (Å²) in [6.45, 7) is 1.99. The number of aryl methyl sites for hydroxylation is 1. The summed E-state index contributed by atoms with van der Waals surface area (Å²) in [5.74, 6) is 0.543. The Morgan fingerprint density at radius 3 is 2.13 bits per heavy atom. The minimum atomic E-state index is -0.217. The molecule has 0 unspecified atom stereocenters. The van der Waals surface area contributed by atoms with Crippen LogP contribution in [0, 0.1) is 6.92 Å². The predicted molar refractivity (Wildman–Crippen MR) is 118 cm³/mol. The first-order valence-electron chi connectivity index (χ1n) is 9.62. The van der Waals surface area contributed by atoms with Crippen molar-refractivity contribution in [2.75, 3.05) is 5.75 Å². The molecule has 4 rings (SSSR count). The summed E-state index contributed by atoms with van der Waals surface area (Å²) in [5.41, 5.74) is 4.02. The quantitative estimate of drug-likeness (QED) is 0.428. The van der Waals surface area contributed by atoms with E-state index in [9.17, 15) is 4.79 Å². The van der Waals surface area contributed by atoms with Crippen LogP contribution in [-0.2, 0) is 4.79 Å². The van der Waals surface area contributed by atoms with Gasteiger partial charge in [-0.15, -0.1) is 10.2 Å². The van der Waals surface area contributed by atoms with Crippen LogP contribution in [0.25, 0.3) is 11.5 Å². The molecule has 0 aliphatic heterocycles. The minimum absolute atomic E-state index is 0.103. The van der Waals surface area contributed by atoms with Crippen LogP contribution in [-0.4, -0.2) is 21.9 Å². The van der Waals surface area contributed by atoms with Gasteiger partial charge in [0.05, 0.1) is 11.8 Å². The van der Waals surface area contributed by atoms with Crippen molar-refractivity contribution < 1.29 is 9.21 Å². The number of nitrogens with one attached hydrogen (secondary N) is 1. The third kappa shape index (κ3) is 4.78. The van der Waals surface area contributed by atoms with Gasteiger partial charge in [-0.3, -0.25) is 4.79 Å². The van der Waals surface area contributed by atoms with E-state index in [0.717, 1.165) is 22.3 Å². The lowest BCUT2D eigenvalue weighted by Gasteiger charge is -2.19. The second-order valence-corrected chi connectivity index (χ2v) is 7.73. The van der Waals surface area contributed by atoms with Crippen LogP contribution in [0.2, 0.25) is 0 Å². The standard InChI is InChI=1S/C24H21N3O2S/c1-17-10-8-9-15-20(17)23-26-27-24(29-23)30-16-21(28)25-22(18-11-4-2-5-12-18)19-13-6-3-7-14-19/h2-15,22H,16H2,1H3,(H,25,28). The topological polar surface area (TPSA) is 68.0 Å². The molecule has 0 aliphatic rings. The molecule has 0 atom stereocenters. The van der Waals surface area contributed by atoms with Crippen molar-refractivity contribution in [1.82, 2.24) is 15.5 Å². The van der Waals surface area contributed by atoms with E-state index in [2.05, 4.69) is 15.5 Å². The molecular weight excluding hydrogens is 394 g/mol. The third-order valence-electron chi connectivity index (χ3n) is 4.68. The predicted octanol–water partition coefficient (Wildman–Crippen LogP) is 5.04. The first-order valence-corrected chi connectivity index (χ1v) is 10.6. The average Bonchev–Trinajstić information content (AvgIpc) is 3.26. The molecule has 150 valence electrons. The van der Waals surface area contributed by atoms with Crippen molar-refractivity contribution in [3.63, 3.8) is 0 Å². The average molecular weight is 416 g/mol. The summed E-state index contributed by atoms with van der Waals surface area (Å²) in [5, 5.41) is 11.7. The van der Waals surface area contributed by atoms with Crippen LogP contribution in [0.4, 0.5) is 0 Å². The Morgan fingerprint density at radius 2 is 1.50 bits per heavy atom. The number of rotatable bonds is 7. The summed E-state index contributed by atoms with van der Waals surface area (Å²) in [6, 6.07) is 27.5. The van der Waals surface area contributed by atoms with Gasteiger partial charge in [-0.1, -0.05) is 90.6 Å². The number of aromatic nitrogens is 2. The number of thioether (sulfide) groups is 1. The highest BCUT2D eigenvalue weighted by Crippen LogP contribution is 2.26. The summed E-state index contributed by atoms with van der Waals surface area (Å²) in [6.07, 6.45) is 0. The summed E-state index contributed by atoms with van der Waals surface area (Å²) < 4.78 is 5.74. The van der Waals surface area contributed by atoms with Crippen molar-refractivity contribution in [1.29, 1.82) is 0 Å². The SMILES string of the molecule is Cc1ccccc1-c1nnc(SCC(=O)NC(c2ccccc2)c2ccccc2)o1. The second-order valence-electron chi connectivity index (χ2n) is 6.80. The molecule has 4 aromatic rings. The molecule has 0 fully saturated rings. The summed E-state index contributed by atoms with van der Waals surface area (Å²) in [7, 11) is 0. The molecule has 3 aromatic carbocycles. The Labute approximate surface area is 179 Å². The van der Waals surface area contributed by atoms with Crippen LogP contribution in [0.1, 0.15) is 22.7 Å². The van der Waals surface area contributed by atoms with Gasteiger partial charge >= 0.3 is 0 Å². The number of hydrogen-bond donors (Lipinski definition) is 1. The van der Waals surface area contributed by atoms with Crippen molar-refractivity contribution in [2.45, 2.75) is 18.2 Å². The van der Waals surface area contributed by atoms with E-state index in [-0.39, 0.29) is 17.7 Å². The van der Waals surface area contributed by atoms with Crippen LogP contribution < -0.4 is 5.32 Å². The van der Waals surface area contributed by atoms with Gasteiger partial charge in [-0.25, -0.2) is 0 Å². The molecule has 1 amide bonds. The molecular formula is C24H21N3O2S. The highest BCUT2D eigenvalue weighted by molar-refractivity contribution is 7.99. The van der Waals surface area contributed by atoms with Gasteiger partial charge < -0.3 is 9.73 Å². The number of hydrogen-bond acceptors (Lipinski definition) is 5. The zero-order chi connectivity index (χ0) is 20.8. The van der Waals surface area contributed by atoms with Crippen molar-refractivity contribution in [3.05, 3.63) is 102 Å². The normalized spacial score (nSPS) is 10.9. The molecule has 0 saturated heterocycles. The Kier molecular flexibility index (Phi) is 6.25. The fourth-order valence-corrected chi connectivity index (χ4v) is 3.74. The number of carbonyl (C=O) groups is 1. The van der Waals surface area contributed by atoms with Gasteiger partial charge in [0.2, 0.25) is 11.8 Å². The van der Waals surface area contributed by atoms with E-state index >= 15 is 0 Å². The highest BCUT2D eigenvalue weighted by Gasteiger charge is 2.18. The van der Waals surface area contributed by atoms with Gasteiger partial charge in [-0.05, 0) is 29.7 Å². The maximum absolute atomic E-state index is 12.7. The molecule has 0 spiro atoms. The molecule has 0 radical (unpaired) electrons. The maximum Gasteiger partial charge on any atom is 0.277 e. The van der Waals surface area contributed by atoms with E-state index in [4.69, 9.17) is 4.42 Å². The summed E-state index contributed by atoms with van der Waals surface area (Å²) >= 11 is 1.23. The Morgan fingerprint density at radius 1 is 0.900 bits per heavy atom. The highest BCUT2D eigenvalue weighted by atomic mass is 32.2. The fourth-order valence-electron chi connectivity index (χ4n) is 3.17. The van der Waals surface area contributed by atoms with Crippen molar-refractivity contribution >= 4 is 17.7 Å². The number of amides is 1. The zero-order valence-corrected chi connectivity index (χ0v) is 17.3. The van der Waals surface area contributed by atoms with Crippen LogP contribution >= 0.6 is 11.8 Å². The Hall–Kier alpha value is -3.38. The number of carbonyl (C=O) groups excluding carboxylic acids is 1. The van der Waals surface area contributed by atoms with E-state index in [1.807, 2.05) is 91.9 Å². The van der Waals surface area contributed by atoms with Gasteiger partial charge in [0, 0.05) is 5.56 Å². The van der Waals surface area contributed by atoms with Gasteiger partial charge in [0.15, 0.2) is 0 Å². The van der Waals surface area contributed by atoms with E-state index in [1.165, 1.54) is 11.8 Å². The molecule has 1 heterocycles. The largest absolute Gasteiger partial charge is 0.411 e. The summed E-state index contributed by atoms with van der Waals surface area (Å²) in [4.78, 5) is 12.7. The first-order chi connectivity index (χ1) is 14.7. The van der Waals surface area contributed by atoms with E-state index in [1.54, 1.807) is 0 Å². The number of nitrogens with zero attached hydrogens (tertiary/aromatic N) is 2. The Bertz CT molecular complexity index is 1070. The van der Waals surface area contributed by atoms with Crippen LogP contribution in [0.3, 0.4) is 0 Å². The Balaban J connectivity index is 1.43. The van der Waals surface area contributed by atoms with E-state index < -0.39 is 0 Å². The van der Waals surface area contributed by atoms with Crippen molar-refractivity contribution in [3.8, 4) is 11.5 Å². The van der Waals surface area contributed by atoms with E-state index in [0.29, 0.717) is 11.1 Å². The second kappa shape index (κ2) is 9.41. The zero-order valence-electron chi connectivity index (χ0n) is 16.5. The van der Waals surface area contributed by atoms with Gasteiger partial charge in [-0.2, -0.15) is 0 Å². The van der Waals surface area contributed by atoms with Gasteiger partial charge in [0.25, 0.3) is 5.22 Å². The molecule has 0 aliphatic carbocycles. The first kappa shape index (κ1) is 19.9. The minimum Gasteiger partial charge on any atom is -0.411 e. The fraction of sp³-hybridized carbons (Fsp3) is 0.125.